The van der Waals surface area contributed by atoms with Crippen LogP contribution in [0.4, 0.5) is 0 Å². The second-order valence-corrected chi connectivity index (χ2v) is 6.71. The number of aryl methyl sites for hydroxylation is 1. The van der Waals surface area contributed by atoms with Crippen LogP contribution < -0.4 is 23.7 Å². The van der Waals surface area contributed by atoms with Crippen molar-refractivity contribution in [1.29, 1.82) is 0 Å². The molecule has 172 valence electrons. The maximum Gasteiger partial charge on any atom is 0.204 e. The van der Waals surface area contributed by atoms with Crippen LogP contribution in [0.3, 0.4) is 0 Å². The highest BCUT2D eigenvalue weighted by atomic mass is 16.6. The van der Waals surface area contributed by atoms with E-state index in [1.165, 1.54) is 40.6 Å². The fraction of sp³-hybridized carbons (Fsp3) is 0.455. The summed E-state index contributed by atoms with van der Waals surface area (Å²) in [7, 11) is 5.69. The van der Waals surface area contributed by atoms with E-state index in [1.807, 2.05) is 0 Å². The number of aliphatic hydroxyl groups excluding tert-OH is 3. The van der Waals surface area contributed by atoms with Gasteiger partial charge in [0, 0.05) is 6.61 Å². The fourth-order valence-corrected chi connectivity index (χ4v) is 3.13. The topological polar surface area (TPSA) is 127 Å². The first kappa shape index (κ1) is 24.4. The molecule has 2 aromatic carbocycles. The molecule has 0 aliphatic rings. The number of rotatable bonds is 12. The van der Waals surface area contributed by atoms with Crippen molar-refractivity contribution in [3.8, 4) is 34.5 Å². The Morgan fingerprint density at radius 1 is 0.806 bits per heavy atom. The lowest BCUT2D eigenvalue weighted by molar-refractivity contribution is -0.00185. The molecule has 0 spiro atoms. The Morgan fingerprint density at radius 2 is 1.32 bits per heavy atom. The highest BCUT2D eigenvalue weighted by molar-refractivity contribution is 5.55. The van der Waals surface area contributed by atoms with Crippen molar-refractivity contribution >= 4 is 0 Å². The van der Waals surface area contributed by atoms with E-state index in [-0.39, 0.29) is 29.6 Å². The number of phenolic OH excluding ortho intramolecular Hbond substituents is 1. The number of methoxy groups -OCH3 is 4. The molecule has 0 fully saturated rings. The molecular formula is C22H30O9. The third kappa shape index (κ3) is 5.63. The Hall–Kier alpha value is -2.88. The van der Waals surface area contributed by atoms with Crippen LogP contribution in [0.5, 0.6) is 34.5 Å². The second-order valence-electron chi connectivity index (χ2n) is 6.71. The summed E-state index contributed by atoms with van der Waals surface area (Å²) in [4.78, 5) is 0. The summed E-state index contributed by atoms with van der Waals surface area (Å²) in [6, 6.07) is 6.36. The lowest BCUT2D eigenvalue weighted by atomic mass is 10.0. The van der Waals surface area contributed by atoms with Gasteiger partial charge in [0.15, 0.2) is 29.1 Å². The van der Waals surface area contributed by atoms with E-state index >= 15 is 0 Å². The number of benzene rings is 2. The normalized spacial score (nSPS) is 12.7. The van der Waals surface area contributed by atoms with E-state index in [0.29, 0.717) is 29.9 Å². The molecule has 9 nitrogen and oxygen atoms in total. The molecule has 0 aliphatic carbocycles. The smallest absolute Gasteiger partial charge is 0.204 e. The van der Waals surface area contributed by atoms with Crippen molar-refractivity contribution in [3.05, 3.63) is 35.4 Å². The standard InChI is InChI=1S/C22H30O9/c1-27-15-10-14(11-16(28-2)21(15)26)20(25)19(12-24)31-22-17(29-3)8-13(6-5-7-23)9-18(22)30-4/h8-11,19-20,23-26H,5-7,12H2,1-4H3/t19-,20+/m1/s1. The van der Waals surface area contributed by atoms with Gasteiger partial charge in [0.1, 0.15) is 6.10 Å². The zero-order chi connectivity index (χ0) is 23.0. The first-order valence-electron chi connectivity index (χ1n) is 9.70. The summed E-state index contributed by atoms with van der Waals surface area (Å²) < 4.78 is 27.0. The number of aliphatic hydroxyl groups is 3. The molecule has 0 aliphatic heterocycles. The summed E-state index contributed by atoms with van der Waals surface area (Å²) in [5.41, 5.74) is 1.19. The van der Waals surface area contributed by atoms with Crippen molar-refractivity contribution in [2.45, 2.75) is 25.0 Å². The Balaban J connectivity index is 2.40. The summed E-state index contributed by atoms with van der Waals surface area (Å²) in [5, 5.41) is 40.0. The maximum absolute atomic E-state index is 10.9. The number of ether oxygens (including phenoxy) is 5. The van der Waals surface area contributed by atoms with Crippen LogP contribution in [0.25, 0.3) is 0 Å². The Kier molecular flexibility index (Phi) is 9.04. The minimum absolute atomic E-state index is 0.0568. The van der Waals surface area contributed by atoms with E-state index < -0.39 is 18.8 Å². The van der Waals surface area contributed by atoms with E-state index in [2.05, 4.69) is 0 Å². The SMILES string of the molecule is COc1cc([C@H](O)[C@@H](CO)Oc2c(OC)cc(CCCO)cc2OC)cc(OC)c1O. The van der Waals surface area contributed by atoms with Gasteiger partial charge in [0.25, 0.3) is 0 Å². The van der Waals surface area contributed by atoms with Crippen LogP contribution >= 0.6 is 0 Å². The molecule has 0 saturated carbocycles. The maximum atomic E-state index is 10.9. The average molecular weight is 438 g/mol. The largest absolute Gasteiger partial charge is 0.502 e. The van der Waals surface area contributed by atoms with Crippen molar-refractivity contribution in [2.24, 2.45) is 0 Å². The monoisotopic (exact) mass is 438 g/mol. The Bertz CT molecular complexity index is 803. The van der Waals surface area contributed by atoms with Crippen LogP contribution in [0.15, 0.2) is 24.3 Å². The molecule has 0 amide bonds. The van der Waals surface area contributed by atoms with Crippen LogP contribution in [-0.4, -0.2) is 68.2 Å². The number of hydrogen-bond donors (Lipinski definition) is 4. The van der Waals surface area contributed by atoms with Crippen LogP contribution in [0.1, 0.15) is 23.7 Å². The molecule has 31 heavy (non-hydrogen) atoms. The van der Waals surface area contributed by atoms with Gasteiger partial charge in [0.2, 0.25) is 11.5 Å². The first-order valence-corrected chi connectivity index (χ1v) is 9.70. The molecule has 2 rings (SSSR count). The quantitative estimate of drug-likeness (QED) is 0.392. The van der Waals surface area contributed by atoms with Crippen molar-refractivity contribution in [3.63, 3.8) is 0 Å². The zero-order valence-corrected chi connectivity index (χ0v) is 18.1. The van der Waals surface area contributed by atoms with E-state index in [9.17, 15) is 15.3 Å². The molecule has 0 bridgehead atoms. The first-order chi connectivity index (χ1) is 14.9. The molecule has 0 heterocycles. The van der Waals surface area contributed by atoms with Crippen LogP contribution in [0.2, 0.25) is 0 Å². The predicted octanol–water partition coefficient (Wildman–Crippen LogP) is 1.82. The van der Waals surface area contributed by atoms with Crippen molar-refractivity contribution in [2.75, 3.05) is 41.7 Å². The van der Waals surface area contributed by atoms with Gasteiger partial charge in [-0.1, -0.05) is 0 Å². The van der Waals surface area contributed by atoms with Crippen LogP contribution in [0, 0.1) is 0 Å². The minimum atomic E-state index is -1.29. The van der Waals surface area contributed by atoms with E-state index in [0.717, 1.165) is 5.56 Å². The van der Waals surface area contributed by atoms with Gasteiger partial charge in [-0.15, -0.1) is 0 Å². The van der Waals surface area contributed by atoms with Crippen molar-refractivity contribution in [1.82, 2.24) is 0 Å². The third-order valence-corrected chi connectivity index (χ3v) is 4.79. The zero-order valence-electron chi connectivity index (χ0n) is 18.1. The Morgan fingerprint density at radius 3 is 1.74 bits per heavy atom. The van der Waals surface area contributed by atoms with Crippen molar-refractivity contribution < 1.29 is 44.1 Å². The lowest BCUT2D eigenvalue weighted by Gasteiger charge is -2.26. The molecule has 0 radical (unpaired) electrons. The third-order valence-electron chi connectivity index (χ3n) is 4.79. The minimum Gasteiger partial charge on any atom is -0.502 e. The molecule has 0 saturated heterocycles. The number of phenols is 1. The summed E-state index contributed by atoms with van der Waals surface area (Å²) in [6.45, 7) is -0.466. The van der Waals surface area contributed by atoms with Gasteiger partial charge >= 0.3 is 0 Å². The summed E-state index contributed by atoms with van der Waals surface area (Å²) in [6.07, 6.45) is -1.19. The lowest BCUT2D eigenvalue weighted by Crippen LogP contribution is -2.29. The van der Waals surface area contributed by atoms with Gasteiger partial charge < -0.3 is 44.1 Å². The van der Waals surface area contributed by atoms with Gasteiger partial charge in [-0.25, -0.2) is 0 Å². The molecule has 0 aromatic heterocycles. The molecule has 9 heteroatoms. The number of aromatic hydroxyl groups is 1. The molecule has 2 aromatic rings. The second kappa shape index (κ2) is 11.5. The molecule has 4 N–H and O–H groups in total. The van der Waals surface area contributed by atoms with Gasteiger partial charge in [0.05, 0.1) is 35.0 Å². The highest BCUT2D eigenvalue weighted by Gasteiger charge is 2.28. The van der Waals surface area contributed by atoms with E-state index in [1.54, 1.807) is 12.1 Å². The fourth-order valence-electron chi connectivity index (χ4n) is 3.13. The van der Waals surface area contributed by atoms with Gasteiger partial charge in [-0.2, -0.15) is 0 Å². The van der Waals surface area contributed by atoms with Gasteiger partial charge in [-0.05, 0) is 48.2 Å². The Labute approximate surface area is 181 Å². The van der Waals surface area contributed by atoms with E-state index in [4.69, 9.17) is 28.8 Å². The predicted molar refractivity (Wildman–Crippen MR) is 113 cm³/mol. The molecule has 2 atom stereocenters. The number of hydrogen-bond acceptors (Lipinski definition) is 9. The van der Waals surface area contributed by atoms with Crippen LogP contribution in [-0.2, 0) is 6.42 Å². The average Bonchev–Trinajstić information content (AvgIpc) is 2.80. The summed E-state index contributed by atoms with van der Waals surface area (Å²) >= 11 is 0. The highest BCUT2D eigenvalue weighted by Crippen LogP contribution is 2.42. The summed E-state index contributed by atoms with van der Waals surface area (Å²) in [5.74, 6) is 0.942. The molecular weight excluding hydrogens is 408 g/mol. The molecule has 0 unspecified atom stereocenters. The van der Waals surface area contributed by atoms with Gasteiger partial charge in [-0.3, -0.25) is 0 Å².